The smallest absolute Gasteiger partial charge is 0.137 e. The van der Waals surface area contributed by atoms with E-state index >= 15 is 0 Å². The molecule has 0 amide bonds. The van der Waals surface area contributed by atoms with Crippen LogP contribution < -0.4 is 5.32 Å². The minimum absolute atomic E-state index is 0.0738. The minimum atomic E-state index is -0.0738. The van der Waals surface area contributed by atoms with Gasteiger partial charge in [-0.15, -0.1) is 11.8 Å². The molecular formula is C17H27FN2S. The summed E-state index contributed by atoms with van der Waals surface area (Å²) >= 11 is 1.64. The van der Waals surface area contributed by atoms with Gasteiger partial charge in [0.25, 0.3) is 0 Å². The summed E-state index contributed by atoms with van der Waals surface area (Å²) in [6.45, 7) is 5.48. The molecule has 0 aliphatic carbocycles. The number of nitrogens with zero attached hydrogens (tertiary/aromatic N) is 1. The molecule has 0 aromatic heterocycles. The van der Waals surface area contributed by atoms with Crippen LogP contribution in [-0.2, 0) is 0 Å². The van der Waals surface area contributed by atoms with E-state index in [0.717, 1.165) is 29.2 Å². The van der Waals surface area contributed by atoms with Crippen LogP contribution in [0.25, 0.3) is 0 Å². The van der Waals surface area contributed by atoms with Crippen molar-refractivity contribution in [1.29, 1.82) is 0 Å². The zero-order valence-electron chi connectivity index (χ0n) is 13.5. The van der Waals surface area contributed by atoms with Crippen LogP contribution in [0.5, 0.6) is 0 Å². The highest BCUT2D eigenvalue weighted by Crippen LogP contribution is 2.37. The summed E-state index contributed by atoms with van der Waals surface area (Å²) < 4.78 is 13.9. The molecule has 1 aromatic rings. The van der Waals surface area contributed by atoms with Crippen LogP contribution in [0.4, 0.5) is 4.39 Å². The molecule has 0 spiro atoms. The second-order valence-corrected chi connectivity index (χ2v) is 7.61. The SMILES string of the molecule is CC(C)CC(CNC1CCSc2c(F)cccc21)N(C)C. The van der Waals surface area contributed by atoms with Gasteiger partial charge in [-0.05, 0) is 50.2 Å². The fourth-order valence-electron chi connectivity index (χ4n) is 2.90. The molecule has 1 N–H and O–H groups in total. The summed E-state index contributed by atoms with van der Waals surface area (Å²) in [4.78, 5) is 3.13. The number of benzene rings is 1. The number of likely N-dealkylation sites (N-methyl/N-ethyl adjacent to an activating group) is 1. The molecule has 0 fully saturated rings. The largest absolute Gasteiger partial charge is 0.308 e. The van der Waals surface area contributed by atoms with Crippen LogP contribution in [0.2, 0.25) is 0 Å². The number of nitrogens with one attached hydrogen (secondary N) is 1. The molecule has 0 saturated carbocycles. The lowest BCUT2D eigenvalue weighted by molar-refractivity contribution is 0.239. The van der Waals surface area contributed by atoms with Crippen LogP contribution in [0.3, 0.4) is 0 Å². The summed E-state index contributed by atoms with van der Waals surface area (Å²) in [7, 11) is 4.28. The maximum absolute atomic E-state index is 13.9. The molecule has 1 aliphatic rings. The van der Waals surface area contributed by atoms with Gasteiger partial charge >= 0.3 is 0 Å². The lowest BCUT2D eigenvalue weighted by atomic mass is 10.0. The first-order chi connectivity index (χ1) is 9.99. The second-order valence-electron chi connectivity index (χ2n) is 6.50. The number of rotatable bonds is 6. The molecule has 21 heavy (non-hydrogen) atoms. The number of halogens is 1. The van der Waals surface area contributed by atoms with Crippen molar-refractivity contribution in [3.63, 3.8) is 0 Å². The molecule has 2 rings (SSSR count). The van der Waals surface area contributed by atoms with Gasteiger partial charge in [0.2, 0.25) is 0 Å². The minimum Gasteiger partial charge on any atom is -0.308 e. The van der Waals surface area contributed by atoms with Crippen LogP contribution in [0.15, 0.2) is 23.1 Å². The van der Waals surface area contributed by atoms with Crippen molar-refractivity contribution in [2.75, 3.05) is 26.4 Å². The van der Waals surface area contributed by atoms with Gasteiger partial charge < -0.3 is 10.2 Å². The highest BCUT2D eigenvalue weighted by Gasteiger charge is 2.24. The van der Waals surface area contributed by atoms with E-state index in [2.05, 4.69) is 44.2 Å². The van der Waals surface area contributed by atoms with Gasteiger partial charge in [0.15, 0.2) is 0 Å². The average Bonchev–Trinajstić information content (AvgIpc) is 2.43. The van der Waals surface area contributed by atoms with E-state index in [1.165, 1.54) is 6.42 Å². The Hall–Kier alpha value is -0.580. The average molecular weight is 310 g/mol. The van der Waals surface area contributed by atoms with Crippen molar-refractivity contribution >= 4 is 11.8 Å². The Morgan fingerprint density at radius 2 is 2.14 bits per heavy atom. The third-order valence-corrected chi connectivity index (χ3v) is 5.26. The first kappa shape index (κ1) is 16.8. The zero-order valence-corrected chi connectivity index (χ0v) is 14.3. The van der Waals surface area contributed by atoms with Crippen molar-refractivity contribution in [1.82, 2.24) is 10.2 Å². The third-order valence-electron chi connectivity index (χ3n) is 4.10. The Morgan fingerprint density at radius 1 is 1.38 bits per heavy atom. The summed E-state index contributed by atoms with van der Waals surface area (Å²) in [5.41, 5.74) is 1.13. The van der Waals surface area contributed by atoms with Gasteiger partial charge in [-0.25, -0.2) is 4.39 Å². The van der Waals surface area contributed by atoms with Crippen molar-refractivity contribution in [3.05, 3.63) is 29.6 Å². The maximum Gasteiger partial charge on any atom is 0.137 e. The van der Waals surface area contributed by atoms with Crippen molar-refractivity contribution in [2.45, 2.75) is 43.7 Å². The van der Waals surface area contributed by atoms with Crippen LogP contribution in [-0.4, -0.2) is 37.3 Å². The van der Waals surface area contributed by atoms with Crippen LogP contribution in [0, 0.1) is 11.7 Å². The van der Waals surface area contributed by atoms with Crippen LogP contribution in [0.1, 0.15) is 38.3 Å². The molecule has 1 aromatic carbocycles. The molecular weight excluding hydrogens is 283 g/mol. The first-order valence-corrected chi connectivity index (χ1v) is 8.78. The highest BCUT2D eigenvalue weighted by molar-refractivity contribution is 7.99. The third kappa shape index (κ3) is 4.44. The topological polar surface area (TPSA) is 15.3 Å². The molecule has 2 atom stereocenters. The van der Waals surface area contributed by atoms with Crippen molar-refractivity contribution < 1.29 is 4.39 Å². The molecule has 0 radical (unpaired) electrons. The Balaban J connectivity index is 2.03. The van der Waals surface area contributed by atoms with E-state index in [-0.39, 0.29) is 11.9 Å². The lowest BCUT2D eigenvalue weighted by Crippen LogP contribution is -2.40. The van der Waals surface area contributed by atoms with E-state index in [9.17, 15) is 4.39 Å². The van der Waals surface area contributed by atoms with Gasteiger partial charge in [0, 0.05) is 23.5 Å². The van der Waals surface area contributed by atoms with E-state index in [1.807, 2.05) is 6.07 Å². The van der Waals surface area contributed by atoms with E-state index < -0.39 is 0 Å². The summed E-state index contributed by atoms with van der Waals surface area (Å²) in [5, 5.41) is 3.67. The molecule has 2 unspecified atom stereocenters. The quantitative estimate of drug-likeness (QED) is 0.857. The van der Waals surface area contributed by atoms with Crippen LogP contribution >= 0.6 is 11.8 Å². The second kappa shape index (κ2) is 7.61. The molecule has 0 bridgehead atoms. The predicted molar refractivity (Wildman–Crippen MR) is 89.4 cm³/mol. The van der Waals surface area contributed by atoms with E-state index in [4.69, 9.17) is 0 Å². The van der Waals surface area contributed by atoms with E-state index in [1.54, 1.807) is 17.8 Å². The molecule has 1 heterocycles. The fourth-order valence-corrected chi connectivity index (χ4v) is 4.04. The molecule has 118 valence electrons. The molecule has 2 nitrogen and oxygen atoms in total. The summed E-state index contributed by atoms with van der Waals surface area (Å²) in [5.74, 6) is 1.60. The monoisotopic (exact) mass is 310 g/mol. The zero-order chi connectivity index (χ0) is 15.4. The standard InChI is InChI=1S/C17H27FN2S/c1-12(2)10-13(20(3)4)11-19-16-8-9-21-17-14(16)6-5-7-15(17)18/h5-7,12-13,16,19H,8-11H2,1-4H3. The van der Waals surface area contributed by atoms with E-state index in [0.29, 0.717) is 12.0 Å². The normalized spacial score (nSPS) is 19.9. The molecule has 0 saturated heterocycles. The first-order valence-electron chi connectivity index (χ1n) is 7.80. The number of thioether (sulfide) groups is 1. The molecule has 4 heteroatoms. The number of hydrogen-bond acceptors (Lipinski definition) is 3. The van der Waals surface area contributed by atoms with Crippen molar-refractivity contribution in [3.8, 4) is 0 Å². The van der Waals surface area contributed by atoms with Crippen molar-refractivity contribution in [2.24, 2.45) is 5.92 Å². The Kier molecular flexibility index (Phi) is 6.08. The van der Waals surface area contributed by atoms with Gasteiger partial charge in [0.05, 0.1) is 0 Å². The summed E-state index contributed by atoms with van der Waals surface area (Å²) in [6, 6.07) is 6.26. The Bertz CT molecular complexity index is 462. The highest BCUT2D eigenvalue weighted by atomic mass is 32.2. The van der Waals surface area contributed by atoms with Gasteiger partial charge in [-0.2, -0.15) is 0 Å². The van der Waals surface area contributed by atoms with Gasteiger partial charge in [0.1, 0.15) is 5.82 Å². The number of fused-ring (bicyclic) bond motifs is 1. The van der Waals surface area contributed by atoms with Gasteiger partial charge in [-0.3, -0.25) is 0 Å². The Morgan fingerprint density at radius 3 is 2.81 bits per heavy atom. The fraction of sp³-hybridized carbons (Fsp3) is 0.647. The predicted octanol–water partition coefficient (Wildman–Crippen LogP) is 3.93. The van der Waals surface area contributed by atoms with Gasteiger partial charge in [-0.1, -0.05) is 26.0 Å². The number of hydrogen-bond donors (Lipinski definition) is 1. The Labute approximate surface area is 132 Å². The lowest BCUT2D eigenvalue weighted by Gasteiger charge is -2.31. The maximum atomic E-state index is 13.9. The summed E-state index contributed by atoms with van der Waals surface area (Å²) in [6.07, 6.45) is 2.25. The molecule has 1 aliphatic heterocycles.